The number of ether oxygens (including phenoxy) is 1. The molecule has 1 N–H and O–H groups in total. The lowest BCUT2D eigenvalue weighted by Crippen LogP contribution is -2.38. The minimum Gasteiger partial charge on any atom is -0.464 e. The van der Waals surface area contributed by atoms with Gasteiger partial charge in [0.2, 0.25) is 0 Å². The summed E-state index contributed by atoms with van der Waals surface area (Å²) in [6.07, 6.45) is -3.15. The van der Waals surface area contributed by atoms with Crippen molar-refractivity contribution in [3.63, 3.8) is 0 Å². The molecule has 0 radical (unpaired) electrons. The highest BCUT2D eigenvalue weighted by molar-refractivity contribution is 7.86. The highest BCUT2D eigenvalue weighted by Gasteiger charge is 2.32. The smallest absolute Gasteiger partial charge is 0.339 e. The number of non-ortho nitro benzene ring substituents is 1. The van der Waals surface area contributed by atoms with Crippen LogP contribution in [0.15, 0.2) is 29.2 Å². The van der Waals surface area contributed by atoms with Gasteiger partial charge in [0.1, 0.15) is 0 Å². The molecule has 10 heteroatoms. The Morgan fingerprint density at radius 3 is 2.32 bits per heavy atom. The van der Waals surface area contributed by atoms with Crippen molar-refractivity contribution >= 4 is 21.8 Å². The zero-order chi connectivity index (χ0) is 16.9. The minimum absolute atomic E-state index is 0.0109. The van der Waals surface area contributed by atoms with Crippen molar-refractivity contribution in [1.29, 1.82) is 0 Å². The second-order valence-corrected chi connectivity index (χ2v) is 5.79. The van der Waals surface area contributed by atoms with E-state index >= 15 is 0 Å². The molecule has 2 atom stereocenters. The maximum atomic E-state index is 12.0. The van der Waals surface area contributed by atoms with Gasteiger partial charge in [-0.1, -0.05) is 0 Å². The fraction of sp³-hybridized carbons (Fsp3) is 0.417. The topological polar surface area (TPSA) is 133 Å². The van der Waals surface area contributed by atoms with Crippen LogP contribution in [0.5, 0.6) is 0 Å². The standard InChI is InChI=1S/C12H15NO8S/c1-3-20-12(15)11(8(2)14)21-22(18,19)10-6-4-9(5-7-10)13(16)17/h4-8,11,14H,3H2,1-2H3/t8-,11+/m1/s1. The number of nitrogens with zero attached hydrogens (tertiary/aromatic N) is 1. The van der Waals surface area contributed by atoms with Crippen LogP contribution in [-0.2, 0) is 23.8 Å². The molecule has 1 aromatic rings. The van der Waals surface area contributed by atoms with E-state index in [0.29, 0.717) is 0 Å². The summed E-state index contributed by atoms with van der Waals surface area (Å²) in [4.78, 5) is 21.0. The first-order chi connectivity index (χ1) is 10.2. The summed E-state index contributed by atoms with van der Waals surface area (Å²) in [7, 11) is -4.39. The van der Waals surface area contributed by atoms with Crippen molar-refractivity contribution in [2.24, 2.45) is 0 Å². The van der Waals surface area contributed by atoms with E-state index in [4.69, 9.17) is 0 Å². The maximum Gasteiger partial charge on any atom is 0.339 e. The number of esters is 1. The third-order valence-corrected chi connectivity index (χ3v) is 3.83. The van der Waals surface area contributed by atoms with Crippen molar-refractivity contribution in [2.45, 2.75) is 31.0 Å². The van der Waals surface area contributed by atoms with Gasteiger partial charge in [-0.25, -0.2) is 8.98 Å². The second kappa shape index (κ2) is 7.29. The summed E-state index contributed by atoms with van der Waals surface area (Å²) < 4.78 is 33.3. The summed E-state index contributed by atoms with van der Waals surface area (Å²) >= 11 is 0. The molecule has 1 aromatic carbocycles. The summed E-state index contributed by atoms with van der Waals surface area (Å²) in [5.41, 5.74) is -0.295. The molecule has 0 aliphatic carbocycles. The van der Waals surface area contributed by atoms with Crippen LogP contribution in [0.4, 0.5) is 5.69 Å². The zero-order valence-electron chi connectivity index (χ0n) is 11.8. The molecule has 0 saturated carbocycles. The molecule has 22 heavy (non-hydrogen) atoms. The van der Waals surface area contributed by atoms with Gasteiger partial charge in [-0.05, 0) is 26.0 Å². The first-order valence-electron chi connectivity index (χ1n) is 6.21. The first-order valence-corrected chi connectivity index (χ1v) is 7.62. The van der Waals surface area contributed by atoms with E-state index in [-0.39, 0.29) is 17.2 Å². The van der Waals surface area contributed by atoms with Crippen molar-refractivity contribution in [3.8, 4) is 0 Å². The Morgan fingerprint density at radius 1 is 1.36 bits per heavy atom. The molecule has 0 heterocycles. The Balaban J connectivity index is 3.01. The highest BCUT2D eigenvalue weighted by atomic mass is 32.2. The Kier molecular flexibility index (Phi) is 5.97. The molecule has 0 fully saturated rings. The quantitative estimate of drug-likeness (QED) is 0.332. The van der Waals surface area contributed by atoms with Crippen molar-refractivity contribution in [3.05, 3.63) is 34.4 Å². The van der Waals surface area contributed by atoms with E-state index in [1.165, 1.54) is 13.8 Å². The number of aliphatic hydroxyl groups excluding tert-OH is 1. The average molecular weight is 333 g/mol. The van der Waals surface area contributed by atoms with E-state index in [9.17, 15) is 28.4 Å². The maximum absolute atomic E-state index is 12.0. The van der Waals surface area contributed by atoms with E-state index in [1.807, 2.05) is 0 Å². The molecule has 0 amide bonds. The molecule has 122 valence electrons. The molecule has 0 bridgehead atoms. The van der Waals surface area contributed by atoms with Gasteiger partial charge in [-0.2, -0.15) is 8.42 Å². The summed E-state index contributed by atoms with van der Waals surface area (Å²) in [6, 6.07) is 3.91. The largest absolute Gasteiger partial charge is 0.464 e. The Morgan fingerprint density at radius 2 is 1.91 bits per heavy atom. The van der Waals surface area contributed by atoms with Crippen LogP contribution >= 0.6 is 0 Å². The van der Waals surface area contributed by atoms with Crippen LogP contribution in [0.3, 0.4) is 0 Å². The van der Waals surface area contributed by atoms with E-state index in [0.717, 1.165) is 24.3 Å². The fourth-order valence-electron chi connectivity index (χ4n) is 1.47. The third-order valence-electron chi connectivity index (χ3n) is 2.52. The summed E-state index contributed by atoms with van der Waals surface area (Å²) in [5.74, 6) is -1.03. The SMILES string of the molecule is CCOC(=O)[C@@H](OS(=O)(=O)c1ccc([N+](=O)[O-])cc1)[C@@H](C)O. The predicted molar refractivity (Wildman–Crippen MR) is 73.5 cm³/mol. The number of hydrogen-bond donors (Lipinski definition) is 1. The van der Waals surface area contributed by atoms with Gasteiger partial charge >= 0.3 is 5.97 Å². The highest BCUT2D eigenvalue weighted by Crippen LogP contribution is 2.20. The number of rotatable bonds is 7. The number of carbonyl (C=O) groups is 1. The molecular formula is C12H15NO8S. The van der Waals surface area contributed by atoms with Gasteiger partial charge in [-0.3, -0.25) is 10.1 Å². The van der Waals surface area contributed by atoms with E-state index in [2.05, 4.69) is 8.92 Å². The van der Waals surface area contributed by atoms with Crippen LogP contribution in [0.1, 0.15) is 13.8 Å². The van der Waals surface area contributed by atoms with Crippen molar-refractivity contribution in [2.75, 3.05) is 6.61 Å². The molecule has 0 unspecified atom stereocenters. The first kappa shape index (κ1) is 18.0. The number of nitro groups is 1. The van der Waals surface area contributed by atoms with Gasteiger partial charge in [0.15, 0.2) is 6.10 Å². The number of hydrogen-bond acceptors (Lipinski definition) is 8. The van der Waals surface area contributed by atoms with Gasteiger partial charge in [0.05, 0.1) is 22.5 Å². The number of benzene rings is 1. The third kappa shape index (κ3) is 4.48. The van der Waals surface area contributed by atoms with Gasteiger partial charge in [-0.15, -0.1) is 0 Å². The van der Waals surface area contributed by atoms with Crippen molar-refractivity contribution < 1.29 is 32.2 Å². The fourth-order valence-corrected chi connectivity index (χ4v) is 2.56. The minimum atomic E-state index is -4.39. The molecule has 0 spiro atoms. The Labute approximate surface area is 126 Å². The van der Waals surface area contributed by atoms with Crippen LogP contribution in [0.25, 0.3) is 0 Å². The van der Waals surface area contributed by atoms with Crippen molar-refractivity contribution in [1.82, 2.24) is 0 Å². The average Bonchev–Trinajstić information content (AvgIpc) is 2.44. The van der Waals surface area contributed by atoms with Gasteiger partial charge < -0.3 is 9.84 Å². The molecular weight excluding hydrogens is 318 g/mol. The van der Waals surface area contributed by atoms with E-state index in [1.54, 1.807) is 0 Å². The lowest BCUT2D eigenvalue weighted by molar-refractivity contribution is -0.384. The Bertz CT molecular complexity index is 638. The molecule has 0 aliphatic rings. The van der Waals surface area contributed by atoms with Crippen LogP contribution in [0, 0.1) is 10.1 Å². The summed E-state index contributed by atoms with van der Waals surface area (Å²) in [5, 5.41) is 20.0. The molecule has 0 aromatic heterocycles. The van der Waals surface area contributed by atoms with Crippen LogP contribution in [-0.4, -0.2) is 43.2 Å². The summed E-state index contributed by atoms with van der Waals surface area (Å²) in [6.45, 7) is 2.68. The number of carbonyl (C=O) groups excluding carboxylic acids is 1. The predicted octanol–water partition coefficient (Wildman–Crippen LogP) is 0.613. The molecule has 0 saturated heterocycles. The lowest BCUT2D eigenvalue weighted by atomic mass is 10.2. The normalized spacial score (nSPS) is 14.1. The Hall–Kier alpha value is -2.04. The van der Waals surface area contributed by atoms with Crippen LogP contribution in [0.2, 0.25) is 0 Å². The second-order valence-electron chi connectivity index (χ2n) is 4.21. The number of aliphatic hydroxyl groups is 1. The molecule has 9 nitrogen and oxygen atoms in total. The zero-order valence-corrected chi connectivity index (χ0v) is 12.6. The van der Waals surface area contributed by atoms with Gasteiger partial charge in [0.25, 0.3) is 15.8 Å². The van der Waals surface area contributed by atoms with E-state index < -0.39 is 33.2 Å². The monoisotopic (exact) mass is 333 g/mol. The van der Waals surface area contributed by atoms with Gasteiger partial charge in [0, 0.05) is 12.1 Å². The lowest BCUT2D eigenvalue weighted by Gasteiger charge is -2.18. The molecule has 0 aliphatic heterocycles. The number of nitro benzene ring substituents is 1. The van der Waals surface area contributed by atoms with Crippen LogP contribution < -0.4 is 0 Å². The molecule has 1 rings (SSSR count).